The summed E-state index contributed by atoms with van der Waals surface area (Å²) in [6, 6.07) is 5.80. The lowest BCUT2D eigenvalue weighted by atomic mass is 9.85. The fourth-order valence-electron chi connectivity index (χ4n) is 2.60. The van der Waals surface area contributed by atoms with Crippen LogP contribution in [0.15, 0.2) is 18.2 Å². The largest absolute Gasteiger partial charge is 0.339 e. The SMILES string of the molecule is CCN(CC1CCC1)C(=O)c1cc(C#CCN)ccc1C. The van der Waals surface area contributed by atoms with Crippen LogP contribution in [0.1, 0.15) is 47.7 Å². The van der Waals surface area contributed by atoms with Crippen LogP contribution < -0.4 is 5.73 Å². The number of aryl methyl sites for hydroxylation is 1. The van der Waals surface area contributed by atoms with E-state index in [1.807, 2.05) is 36.9 Å². The van der Waals surface area contributed by atoms with Gasteiger partial charge >= 0.3 is 0 Å². The van der Waals surface area contributed by atoms with E-state index >= 15 is 0 Å². The average Bonchev–Trinajstić information content (AvgIpc) is 2.45. The highest BCUT2D eigenvalue weighted by Crippen LogP contribution is 2.27. The minimum absolute atomic E-state index is 0.123. The summed E-state index contributed by atoms with van der Waals surface area (Å²) in [5, 5.41) is 0. The van der Waals surface area contributed by atoms with Crippen LogP contribution in [0.25, 0.3) is 0 Å². The molecule has 21 heavy (non-hydrogen) atoms. The first kappa shape index (κ1) is 15.6. The van der Waals surface area contributed by atoms with Crippen molar-refractivity contribution in [3.8, 4) is 11.8 Å². The van der Waals surface area contributed by atoms with Crippen LogP contribution in [-0.4, -0.2) is 30.4 Å². The van der Waals surface area contributed by atoms with Crippen molar-refractivity contribution in [2.45, 2.75) is 33.1 Å². The topological polar surface area (TPSA) is 46.3 Å². The Morgan fingerprint density at radius 1 is 1.43 bits per heavy atom. The van der Waals surface area contributed by atoms with Gasteiger partial charge in [-0.05, 0) is 50.3 Å². The molecule has 2 rings (SSSR count). The maximum Gasteiger partial charge on any atom is 0.254 e. The highest BCUT2D eigenvalue weighted by molar-refractivity contribution is 5.96. The van der Waals surface area contributed by atoms with Crippen molar-refractivity contribution in [2.24, 2.45) is 11.7 Å². The fourth-order valence-corrected chi connectivity index (χ4v) is 2.60. The normalized spacial score (nSPS) is 14.0. The molecule has 0 aromatic heterocycles. The standard InChI is InChI=1S/C18H24N2O/c1-3-20(13-16-6-4-7-16)18(21)17-12-15(8-5-11-19)10-9-14(17)2/h9-10,12,16H,3-4,6-7,11,13,19H2,1-2H3. The zero-order chi connectivity index (χ0) is 15.2. The van der Waals surface area contributed by atoms with Gasteiger partial charge in [-0.25, -0.2) is 0 Å². The number of nitrogens with zero attached hydrogens (tertiary/aromatic N) is 1. The summed E-state index contributed by atoms with van der Waals surface area (Å²) < 4.78 is 0. The van der Waals surface area contributed by atoms with Crippen LogP contribution in [-0.2, 0) is 0 Å². The Labute approximate surface area is 127 Å². The van der Waals surface area contributed by atoms with Gasteiger partial charge in [0.25, 0.3) is 5.91 Å². The lowest BCUT2D eigenvalue weighted by Gasteiger charge is -2.32. The molecule has 112 valence electrons. The molecule has 2 N–H and O–H groups in total. The highest BCUT2D eigenvalue weighted by atomic mass is 16.2. The minimum atomic E-state index is 0.123. The van der Waals surface area contributed by atoms with Crippen LogP contribution in [0.3, 0.4) is 0 Å². The number of rotatable bonds is 4. The molecule has 1 aromatic rings. The van der Waals surface area contributed by atoms with E-state index in [4.69, 9.17) is 5.73 Å². The Morgan fingerprint density at radius 3 is 2.76 bits per heavy atom. The van der Waals surface area contributed by atoms with E-state index in [1.54, 1.807) is 0 Å². The van der Waals surface area contributed by atoms with Gasteiger partial charge in [-0.2, -0.15) is 0 Å². The number of hydrogen-bond acceptors (Lipinski definition) is 2. The zero-order valence-corrected chi connectivity index (χ0v) is 13.0. The van der Waals surface area contributed by atoms with Crippen LogP contribution in [0.4, 0.5) is 0 Å². The van der Waals surface area contributed by atoms with Crippen LogP contribution in [0, 0.1) is 24.7 Å². The van der Waals surface area contributed by atoms with Crippen molar-refractivity contribution >= 4 is 5.91 Å². The second-order valence-electron chi connectivity index (χ2n) is 5.68. The molecule has 0 radical (unpaired) electrons. The number of carbonyl (C=O) groups is 1. The Bertz CT molecular complexity index is 564. The second kappa shape index (κ2) is 7.28. The fraction of sp³-hybridized carbons (Fsp3) is 0.500. The van der Waals surface area contributed by atoms with Gasteiger partial charge in [-0.1, -0.05) is 24.3 Å². The molecule has 1 aliphatic rings. The molecule has 1 amide bonds. The van der Waals surface area contributed by atoms with E-state index in [0.29, 0.717) is 12.5 Å². The molecule has 1 aromatic carbocycles. The predicted molar refractivity (Wildman–Crippen MR) is 86.0 cm³/mol. The van der Waals surface area contributed by atoms with Gasteiger partial charge in [-0.15, -0.1) is 0 Å². The molecular weight excluding hydrogens is 260 g/mol. The van der Waals surface area contributed by atoms with Gasteiger partial charge < -0.3 is 10.6 Å². The van der Waals surface area contributed by atoms with Gasteiger partial charge in [0, 0.05) is 24.2 Å². The number of amides is 1. The first-order valence-electron chi connectivity index (χ1n) is 7.74. The van der Waals surface area contributed by atoms with E-state index in [-0.39, 0.29) is 5.91 Å². The lowest BCUT2D eigenvalue weighted by Crippen LogP contribution is -2.37. The van der Waals surface area contributed by atoms with E-state index < -0.39 is 0 Å². The summed E-state index contributed by atoms with van der Waals surface area (Å²) in [5.74, 6) is 6.65. The molecular formula is C18H24N2O. The summed E-state index contributed by atoms with van der Waals surface area (Å²) in [5.41, 5.74) is 8.03. The van der Waals surface area contributed by atoms with E-state index in [9.17, 15) is 4.79 Å². The Kier molecular flexibility index (Phi) is 5.41. The Hall–Kier alpha value is -1.79. The summed E-state index contributed by atoms with van der Waals surface area (Å²) in [4.78, 5) is 14.7. The van der Waals surface area contributed by atoms with Gasteiger partial charge in [0.1, 0.15) is 0 Å². The molecule has 0 heterocycles. The highest BCUT2D eigenvalue weighted by Gasteiger charge is 2.24. The van der Waals surface area contributed by atoms with Crippen LogP contribution >= 0.6 is 0 Å². The van der Waals surface area contributed by atoms with Crippen molar-refractivity contribution in [2.75, 3.05) is 19.6 Å². The predicted octanol–water partition coefficient (Wildman–Crippen LogP) is 2.57. The molecule has 3 heteroatoms. The van der Waals surface area contributed by atoms with Crippen molar-refractivity contribution in [1.82, 2.24) is 4.90 Å². The van der Waals surface area contributed by atoms with Crippen LogP contribution in [0.5, 0.6) is 0 Å². The van der Waals surface area contributed by atoms with E-state index in [2.05, 4.69) is 11.8 Å². The number of hydrogen-bond donors (Lipinski definition) is 1. The minimum Gasteiger partial charge on any atom is -0.339 e. The lowest BCUT2D eigenvalue weighted by molar-refractivity contribution is 0.0705. The third-order valence-electron chi connectivity index (χ3n) is 4.18. The van der Waals surface area contributed by atoms with Crippen molar-refractivity contribution in [1.29, 1.82) is 0 Å². The van der Waals surface area contributed by atoms with Crippen molar-refractivity contribution in [3.63, 3.8) is 0 Å². The maximum atomic E-state index is 12.8. The maximum absolute atomic E-state index is 12.8. The summed E-state index contributed by atoms with van der Waals surface area (Å²) in [6.07, 6.45) is 3.81. The van der Waals surface area contributed by atoms with Crippen molar-refractivity contribution < 1.29 is 4.79 Å². The van der Waals surface area contributed by atoms with Gasteiger partial charge in [0.05, 0.1) is 6.54 Å². The smallest absolute Gasteiger partial charge is 0.254 e. The molecule has 0 spiro atoms. The third-order valence-corrected chi connectivity index (χ3v) is 4.18. The summed E-state index contributed by atoms with van der Waals surface area (Å²) in [6.45, 7) is 6.00. The Balaban J connectivity index is 2.19. The molecule has 0 saturated heterocycles. The van der Waals surface area contributed by atoms with Gasteiger partial charge in [0.15, 0.2) is 0 Å². The molecule has 0 aliphatic heterocycles. The molecule has 3 nitrogen and oxygen atoms in total. The molecule has 0 unspecified atom stereocenters. The van der Waals surface area contributed by atoms with Gasteiger partial charge in [0.2, 0.25) is 0 Å². The molecule has 1 aliphatic carbocycles. The quantitative estimate of drug-likeness (QED) is 0.864. The number of carbonyl (C=O) groups excluding carboxylic acids is 1. The average molecular weight is 284 g/mol. The van der Waals surface area contributed by atoms with Crippen LogP contribution in [0.2, 0.25) is 0 Å². The second-order valence-corrected chi connectivity index (χ2v) is 5.68. The third kappa shape index (κ3) is 3.86. The van der Waals surface area contributed by atoms with E-state index in [1.165, 1.54) is 19.3 Å². The number of nitrogens with two attached hydrogens (primary N) is 1. The van der Waals surface area contributed by atoms with Gasteiger partial charge in [-0.3, -0.25) is 4.79 Å². The zero-order valence-electron chi connectivity index (χ0n) is 13.0. The summed E-state index contributed by atoms with van der Waals surface area (Å²) >= 11 is 0. The molecule has 0 bridgehead atoms. The Morgan fingerprint density at radius 2 is 2.19 bits per heavy atom. The first-order valence-corrected chi connectivity index (χ1v) is 7.74. The molecule has 1 fully saturated rings. The monoisotopic (exact) mass is 284 g/mol. The molecule has 0 atom stereocenters. The van der Waals surface area contributed by atoms with Crippen molar-refractivity contribution in [3.05, 3.63) is 34.9 Å². The van der Waals surface area contributed by atoms with E-state index in [0.717, 1.165) is 29.8 Å². The summed E-state index contributed by atoms with van der Waals surface area (Å²) in [7, 11) is 0. The number of benzene rings is 1. The molecule has 1 saturated carbocycles. The first-order chi connectivity index (χ1) is 10.2.